The van der Waals surface area contributed by atoms with Gasteiger partial charge < -0.3 is 10.1 Å². The molecular weight excluding hydrogens is 409 g/mol. The van der Waals surface area contributed by atoms with E-state index in [0.29, 0.717) is 28.6 Å². The molecule has 0 aliphatic carbocycles. The summed E-state index contributed by atoms with van der Waals surface area (Å²) in [5, 5.41) is 6.77. The molecule has 0 aromatic heterocycles. The van der Waals surface area contributed by atoms with Crippen molar-refractivity contribution in [2.45, 2.75) is 6.61 Å². The molecule has 0 aliphatic rings. The fourth-order valence-corrected chi connectivity index (χ4v) is 2.50. The van der Waals surface area contributed by atoms with Crippen LogP contribution in [-0.4, -0.2) is 18.0 Å². The number of nitrogens with zero attached hydrogens (tertiary/aromatic N) is 1. The van der Waals surface area contributed by atoms with E-state index >= 15 is 0 Å². The number of benzene rings is 3. The number of ether oxygens (including phenoxy) is 1. The van der Waals surface area contributed by atoms with E-state index in [0.717, 1.165) is 5.56 Å². The van der Waals surface area contributed by atoms with E-state index in [-0.39, 0.29) is 0 Å². The van der Waals surface area contributed by atoms with E-state index in [1.807, 2.05) is 12.1 Å². The predicted octanol–water partition coefficient (Wildman–Crippen LogP) is 4.15. The Bertz CT molecular complexity index is 1050. The van der Waals surface area contributed by atoms with Gasteiger partial charge in [-0.05, 0) is 59.7 Å². The highest BCUT2D eigenvalue weighted by Crippen LogP contribution is 2.16. The first-order valence-corrected chi connectivity index (χ1v) is 9.25. The fourth-order valence-electron chi connectivity index (χ4n) is 2.37. The van der Waals surface area contributed by atoms with Gasteiger partial charge >= 0.3 is 11.8 Å². The molecule has 3 aromatic carbocycles. The maximum atomic E-state index is 12.9. The third kappa shape index (κ3) is 6.42. The zero-order chi connectivity index (χ0) is 21.3. The topological polar surface area (TPSA) is 79.8 Å². The molecule has 0 radical (unpaired) electrons. The molecule has 6 nitrogen and oxygen atoms in total. The molecule has 0 fully saturated rings. The summed E-state index contributed by atoms with van der Waals surface area (Å²) < 4.78 is 18.6. The van der Waals surface area contributed by atoms with Crippen molar-refractivity contribution in [3.63, 3.8) is 0 Å². The monoisotopic (exact) mass is 425 g/mol. The Kier molecular flexibility index (Phi) is 7.13. The standard InChI is InChI=1S/C22H17ClFN3O3/c23-17-6-4-15(5-7-17)14-30-20-3-1-2-16(12-20)13-25-27-22(29)21(28)26-19-10-8-18(24)9-11-19/h1-13H,14H2,(H,26,28)(H,27,29)/b25-13-. The van der Waals surface area contributed by atoms with Crippen LogP contribution < -0.4 is 15.5 Å². The fraction of sp³-hybridized carbons (Fsp3) is 0.0455. The zero-order valence-corrected chi connectivity index (χ0v) is 16.4. The van der Waals surface area contributed by atoms with E-state index in [4.69, 9.17) is 16.3 Å². The number of hydrazone groups is 1. The molecule has 0 spiro atoms. The molecule has 0 bridgehead atoms. The third-order valence-corrected chi connectivity index (χ3v) is 4.12. The zero-order valence-electron chi connectivity index (χ0n) is 15.6. The van der Waals surface area contributed by atoms with Crippen molar-refractivity contribution in [1.29, 1.82) is 0 Å². The van der Waals surface area contributed by atoms with Crippen LogP contribution in [0.25, 0.3) is 0 Å². The minimum Gasteiger partial charge on any atom is -0.489 e. The largest absolute Gasteiger partial charge is 0.489 e. The minimum absolute atomic E-state index is 0.297. The van der Waals surface area contributed by atoms with E-state index in [2.05, 4.69) is 15.8 Å². The highest BCUT2D eigenvalue weighted by molar-refractivity contribution is 6.39. The molecule has 0 heterocycles. The van der Waals surface area contributed by atoms with Crippen molar-refractivity contribution in [2.75, 3.05) is 5.32 Å². The van der Waals surface area contributed by atoms with Crippen molar-refractivity contribution in [1.82, 2.24) is 5.43 Å². The van der Waals surface area contributed by atoms with Gasteiger partial charge in [0, 0.05) is 10.7 Å². The second kappa shape index (κ2) is 10.2. The summed E-state index contributed by atoms with van der Waals surface area (Å²) in [5.74, 6) is -1.69. The number of nitrogens with one attached hydrogen (secondary N) is 2. The summed E-state index contributed by atoms with van der Waals surface area (Å²) in [4.78, 5) is 23.6. The molecule has 3 aromatic rings. The molecule has 30 heavy (non-hydrogen) atoms. The van der Waals surface area contributed by atoms with Crippen LogP contribution in [0, 0.1) is 5.82 Å². The van der Waals surface area contributed by atoms with E-state index in [9.17, 15) is 14.0 Å². The number of halogens is 2. The molecule has 0 saturated heterocycles. The number of anilines is 1. The number of hydrogen-bond acceptors (Lipinski definition) is 4. The Morgan fingerprint density at radius 1 is 1.00 bits per heavy atom. The smallest absolute Gasteiger partial charge is 0.329 e. The molecule has 8 heteroatoms. The molecule has 2 amide bonds. The SMILES string of the molecule is O=C(N/N=C\c1cccc(OCc2ccc(Cl)cc2)c1)C(=O)Nc1ccc(F)cc1. The lowest BCUT2D eigenvalue weighted by Crippen LogP contribution is -2.32. The van der Waals surface area contributed by atoms with Gasteiger partial charge in [-0.2, -0.15) is 5.10 Å². The van der Waals surface area contributed by atoms with Crippen LogP contribution >= 0.6 is 11.6 Å². The normalized spacial score (nSPS) is 10.6. The Hall–Kier alpha value is -3.71. The summed E-state index contributed by atoms with van der Waals surface area (Å²) in [5.41, 5.74) is 4.07. The van der Waals surface area contributed by atoms with Gasteiger partial charge in [-0.25, -0.2) is 9.82 Å². The van der Waals surface area contributed by atoms with Gasteiger partial charge in [0.05, 0.1) is 6.21 Å². The molecule has 0 saturated carbocycles. The van der Waals surface area contributed by atoms with Crippen LogP contribution in [0.5, 0.6) is 5.75 Å². The highest BCUT2D eigenvalue weighted by Gasteiger charge is 2.12. The van der Waals surface area contributed by atoms with Gasteiger partial charge in [0.25, 0.3) is 0 Å². The van der Waals surface area contributed by atoms with Crippen LogP contribution in [0.2, 0.25) is 5.02 Å². The van der Waals surface area contributed by atoms with Crippen LogP contribution in [0.4, 0.5) is 10.1 Å². The molecule has 0 atom stereocenters. The Labute approximate surface area is 177 Å². The molecule has 3 rings (SSSR count). The quantitative estimate of drug-likeness (QED) is 0.354. The summed E-state index contributed by atoms with van der Waals surface area (Å²) >= 11 is 5.86. The molecule has 0 unspecified atom stereocenters. The highest BCUT2D eigenvalue weighted by atomic mass is 35.5. The van der Waals surface area contributed by atoms with Crippen LogP contribution in [-0.2, 0) is 16.2 Å². The second-order valence-electron chi connectivity index (χ2n) is 6.15. The van der Waals surface area contributed by atoms with E-state index < -0.39 is 17.6 Å². The van der Waals surface area contributed by atoms with Gasteiger partial charge in [-0.3, -0.25) is 9.59 Å². The Morgan fingerprint density at radius 3 is 2.47 bits per heavy atom. The number of amides is 2. The summed E-state index contributed by atoms with van der Waals surface area (Å²) in [6.07, 6.45) is 1.39. The summed E-state index contributed by atoms with van der Waals surface area (Å²) in [6.45, 7) is 0.373. The van der Waals surface area contributed by atoms with E-state index in [1.165, 1.54) is 30.5 Å². The average molecular weight is 426 g/mol. The Morgan fingerprint density at radius 2 is 1.73 bits per heavy atom. The van der Waals surface area contributed by atoms with Crippen LogP contribution in [0.1, 0.15) is 11.1 Å². The number of hydrogen-bond donors (Lipinski definition) is 2. The van der Waals surface area contributed by atoms with Crippen molar-refractivity contribution >= 4 is 35.3 Å². The van der Waals surface area contributed by atoms with Gasteiger partial charge in [-0.15, -0.1) is 0 Å². The molecular formula is C22H17ClFN3O3. The minimum atomic E-state index is -0.953. The lowest BCUT2D eigenvalue weighted by molar-refractivity contribution is -0.136. The number of rotatable bonds is 6. The molecule has 0 aliphatic heterocycles. The van der Waals surface area contributed by atoms with Crippen molar-refractivity contribution in [3.05, 3.63) is 94.8 Å². The lowest BCUT2D eigenvalue weighted by Gasteiger charge is -2.07. The summed E-state index contributed by atoms with van der Waals surface area (Å²) in [7, 11) is 0. The summed E-state index contributed by atoms with van der Waals surface area (Å²) in [6, 6.07) is 19.5. The molecule has 152 valence electrons. The van der Waals surface area contributed by atoms with Crippen molar-refractivity contribution in [2.24, 2.45) is 5.10 Å². The predicted molar refractivity (Wildman–Crippen MR) is 113 cm³/mol. The van der Waals surface area contributed by atoms with Gasteiger partial charge in [0.15, 0.2) is 0 Å². The van der Waals surface area contributed by atoms with Crippen molar-refractivity contribution < 1.29 is 18.7 Å². The first-order valence-electron chi connectivity index (χ1n) is 8.87. The maximum Gasteiger partial charge on any atom is 0.329 e. The van der Waals surface area contributed by atoms with Crippen LogP contribution in [0.3, 0.4) is 0 Å². The van der Waals surface area contributed by atoms with Crippen LogP contribution in [0.15, 0.2) is 77.9 Å². The third-order valence-electron chi connectivity index (χ3n) is 3.86. The van der Waals surface area contributed by atoms with Gasteiger partial charge in [0.2, 0.25) is 0 Å². The maximum absolute atomic E-state index is 12.9. The lowest BCUT2D eigenvalue weighted by atomic mass is 10.2. The average Bonchev–Trinajstić information content (AvgIpc) is 2.75. The molecule has 2 N–H and O–H groups in total. The van der Waals surface area contributed by atoms with Crippen molar-refractivity contribution in [3.8, 4) is 5.75 Å². The van der Waals surface area contributed by atoms with Gasteiger partial charge in [0.1, 0.15) is 18.2 Å². The van der Waals surface area contributed by atoms with Gasteiger partial charge in [-0.1, -0.05) is 35.9 Å². The second-order valence-corrected chi connectivity index (χ2v) is 6.58. The Balaban J connectivity index is 1.51. The van der Waals surface area contributed by atoms with E-state index in [1.54, 1.807) is 36.4 Å². The number of carbonyl (C=O) groups excluding carboxylic acids is 2. The first kappa shape index (κ1) is 21.0. The first-order chi connectivity index (χ1) is 14.5. The number of carbonyl (C=O) groups is 2.